The number of nitriles is 1. The molecule has 186 valence electrons. The van der Waals surface area contributed by atoms with Crippen LogP contribution in [0.1, 0.15) is 12.0 Å². The number of nitrogens with zero attached hydrogens (tertiary/aromatic N) is 3. The molecule has 11 nitrogen and oxygen atoms in total. The molecule has 4 rings (SSSR count). The number of aromatic nitrogens is 1. The Morgan fingerprint density at radius 2 is 2.19 bits per heavy atom. The van der Waals surface area contributed by atoms with Gasteiger partial charge in [0.1, 0.15) is 5.75 Å². The van der Waals surface area contributed by atoms with Gasteiger partial charge in [0.25, 0.3) is 0 Å². The van der Waals surface area contributed by atoms with Gasteiger partial charge in [-0.05, 0) is 36.2 Å². The van der Waals surface area contributed by atoms with E-state index in [2.05, 4.69) is 31.2 Å². The van der Waals surface area contributed by atoms with Crippen LogP contribution in [-0.4, -0.2) is 43.8 Å². The van der Waals surface area contributed by atoms with Crippen LogP contribution in [0.3, 0.4) is 0 Å². The molecule has 1 aromatic heterocycles. The zero-order valence-corrected chi connectivity index (χ0v) is 19.8. The second-order valence-corrected chi connectivity index (χ2v) is 8.07. The monoisotopic (exact) mass is 489 g/mol. The maximum atomic E-state index is 12.1. The molecule has 2 heterocycles. The topological polar surface area (TPSA) is 146 Å². The fourth-order valence-electron chi connectivity index (χ4n) is 3.69. The first-order valence-corrected chi connectivity index (χ1v) is 11.4. The lowest BCUT2D eigenvalue weighted by Crippen LogP contribution is -2.38. The molecule has 0 radical (unpaired) electrons. The van der Waals surface area contributed by atoms with Crippen LogP contribution in [0.2, 0.25) is 0 Å². The first-order chi connectivity index (χ1) is 17.6. The second-order valence-electron chi connectivity index (χ2n) is 8.07. The standard InChI is InChI=1S/C25H27N7O4/c1-34-22-10-20(5-6-21(22)23-13-27-16-36-23)32-24(30-15-26)31-19-4-2-3-17(9-19)11-28-25(33)29-12-18-7-8-35-14-18/h2-6,9-10,13,16,18H,7-8,11-12,14H2,1H3,(H2,28,29,33)(H2,30,31,32). The Morgan fingerprint density at radius 3 is 2.94 bits per heavy atom. The average Bonchev–Trinajstić information content (AvgIpc) is 3.61. The summed E-state index contributed by atoms with van der Waals surface area (Å²) in [5, 5.41) is 20.6. The summed E-state index contributed by atoms with van der Waals surface area (Å²) < 4.78 is 16.2. The van der Waals surface area contributed by atoms with E-state index in [1.54, 1.807) is 25.4 Å². The van der Waals surface area contributed by atoms with E-state index in [0.29, 0.717) is 48.5 Å². The molecular formula is C25H27N7O4. The number of rotatable bonds is 8. The molecule has 1 aliphatic heterocycles. The van der Waals surface area contributed by atoms with Crippen LogP contribution < -0.4 is 26.0 Å². The van der Waals surface area contributed by atoms with E-state index in [-0.39, 0.29) is 12.0 Å². The second kappa shape index (κ2) is 12.2. The third-order valence-electron chi connectivity index (χ3n) is 5.52. The number of methoxy groups -OCH3 is 1. The van der Waals surface area contributed by atoms with Gasteiger partial charge in [-0.2, -0.15) is 5.26 Å². The number of guanidine groups is 1. The SMILES string of the molecule is COc1cc(N/C(=N/c2cccc(CNC(=O)NCC3CCOC3)c2)NC#N)ccc1-c1cnco1. The van der Waals surface area contributed by atoms with Crippen molar-refractivity contribution in [1.29, 1.82) is 5.26 Å². The fraction of sp³-hybridized carbons (Fsp3) is 0.280. The number of urea groups is 1. The Bertz CT molecular complexity index is 1230. The van der Waals surface area contributed by atoms with E-state index in [1.807, 2.05) is 36.5 Å². The molecular weight excluding hydrogens is 462 g/mol. The minimum Gasteiger partial charge on any atom is -0.496 e. The minimum absolute atomic E-state index is 0.230. The van der Waals surface area contributed by atoms with Crippen LogP contribution in [0, 0.1) is 17.4 Å². The Kier molecular flexibility index (Phi) is 8.35. The van der Waals surface area contributed by atoms with Crippen molar-refractivity contribution in [3.05, 3.63) is 60.6 Å². The molecule has 0 saturated carbocycles. The fourth-order valence-corrected chi connectivity index (χ4v) is 3.69. The maximum Gasteiger partial charge on any atom is 0.315 e. The Morgan fingerprint density at radius 1 is 1.28 bits per heavy atom. The van der Waals surface area contributed by atoms with Crippen LogP contribution in [0.25, 0.3) is 11.3 Å². The van der Waals surface area contributed by atoms with Gasteiger partial charge in [-0.25, -0.2) is 14.8 Å². The summed E-state index contributed by atoms with van der Waals surface area (Å²) >= 11 is 0. The zero-order chi connectivity index (χ0) is 25.2. The summed E-state index contributed by atoms with van der Waals surface area (Å²) in [6.07, 6.45) is 5.81. The molecule has 1 atom stereocenters. The number of hydrogen-bond acceptors (Lipinski definition) is 7. The molecule has 11 heteroatoms. The first-order valence-electron chi connectivity index (χ1n) is 11.4. The summed E-state index contributed by atoms with van der Waals surface area (Å²) in [6.45, 7) is 2.37. The molecule has 1 unspecified atom stereocenters. The lowest BCUT2D eigenvalue weighted by molar-refractivity contribution is 0.185. The number of hydrogen-bond donors (Lipinski definition) is 4. The number of aliphatic imine (C=N–C) groups is 1. The summed E-state index contributed by atoms with van der Waals surface area (Å²) in [7, 11) is 1.56. The Labute approximate surface area is 208 Å². The normalized spacial score (nSPS) is 15.1. The Balaban J connectivity index is 1.40. The summed E-state index contributed by atoms with van der Waals surface area (Å²) in [5.74, 6) is 1.74. The van der Waals surface area contributed by atoms with Crippen molar-refractivity contribution in [2.24, 2.45) is 10.9 Å². The number of benzene rings is 2. The molecule has 0 spiro atoms. The first kappa shape index (κ1) is 24.6. The van der Waals surface area contributed by atoms with Gasteiger partial charge in [0.15, 0.2) is 18.3 Å². The highest BCUT2D eigenvalue weighted by Gasteiger charge is 2.16. The largest absolute Gasteiger partial charge is 0.496 e. The van der Waals surface area contributed by atoms with Crippen molar-refractivity contribution in [1.82, 2.24) is 20.9 Å². The number of anilines is 1. The van der Waals surface area contributed by atoms with E-state index in [9.17, 15) is 10.1 Å². The van der Waals surface area contributed by atoms with Gasteiger partial charge in [0.05, 0.1) is 31.2 Å². The molecule has 36 heavy (non-hydrogen) atoms. The Hall–Kier alpha value is -4.56. The molecule has 0 bridgehead atoms. The summed E-state index contributed by atoms with van der Waals surface area (Å²) in [6, 6.07) is 12.5. The van der Waals surface area contributed by atoms with E-state index < -0.39 is 0 Å². The number of oxazole rings is 1. The van der Waals surface area contributed by atoms with E-state index in [0.717, 1.165) is 24.2 Å². The van der Waals surface area contributed by atoms with Gasteiger partial charge in [-0.15, -0.1) is 0 Å². The van der Waals surface area contributed by atoms with Crippen LogP contribution >= 0.6 is 0 Å². The van der Waals surface area contributed by atoms with Gasteiger partial charge in [0, 0.05) is 37.4 Å². The molecule has 4 N–H and O–H groups in total. The molecule has 1 aliphatic rings. The van der Waals surface area contributed by atoms with Crippen LogP contribution in [0.15, 0.2) is 64.5 Å². The van der Waals surface area contributed by atoms with Gasteiger partial charge in [-0.3, -0.25) is 5.32 Å². The quantitative estimate of drug-likeness (QED) is 0.163. The lowest BCUT2D eigenvalue weighted by Gasteiger charge is -2.12. The molecule has 2 amide bonds. The van der Waals surface area contributed by atoms with Crippen molar-refractivity contribution >= 4 is 23.4 Å². The van der Waals surface area contributed by atoms with Crippen LogP contribution in [0.4, 0.5) is 16.2 Å². The number of ether oxygens (including phenoxy) is 2. The zero-order valence-electron chi connectivity index (χ0n) is 19.8. The minimum atomic E-state index is -0.230. The van der Waals surface area contributed by atoms with Gasteiger partial charge >= 0.3 is 6.03 Å². The van der Waals surface area contributed by atoms with Gasteiger partial charge in [-0.1, -0.05) is 12.1 Å². The number of carbonyl (C=O) groups is 1. The molecule has 1 saturated heterocycles. The van der Waals surface area contributed by atoms with Crippen molar-refractivity contribution in [3.63, 3.8) is 0 Å². The van der Waals surface area contributed by atoms with E-state index in [1.165, 1.54) is 6.39 Å². The third-order valence-corrected chi connectivity index (χ3v) is 5.52. The summed E-state index contributed by atoms with van der Waals surface area (Å²) in [5.41, 5.74) is 2.87. The van der Waals surface area contributed by atoms with Crippen molar-refractivity contribution in [2.75, 3.05) is 32.2 Å². The van der Waals surface area contributed by atoms with Crippen molar-refractivity contribution in [2.45, 2.75) is 13.0 Å². The lowest BCUT2D eigenvalue weighted by atomic mass is 10.1. The van der Waals surface area contributed by atoms with E-state index >= 15 is 0 Å². The maximum absolute atomic E-state index is 12.1. The van der Waals surface area contributed by atoms with Crippen molar-refractivity contribution < 1.29 is 18.7 Å². The van der Waals surface area contributed by atoms with Crippen LogP contribution in [-0.2, 0) is 11.3 Å². The van der Waals surface area contributed by atoms with Gasteiger partial charge < -0.3 is 29.8 Å². The average molecular weight is 490 g/mol. The highest BCUT2D eigenvalue weighted by molar-refractivity contribution is 5.96. The highest BCUT2D eigenvalue weighted by Crippen LogP contribution is 2.32. The van der Waals surface area contributed by atoms with E-state index in [4.69, 9.17) is 13.9 Å². The predicted molar refractivity (Wildman–Crippen MR) is 134 cm³/mol. The van der Waals surface area contributed by atoms with Crippen LogP contribution in [0.5, 0.6) is 5.75 Å². The number of carbonyl (C=O) groups excluding carboxylic acids is 1. The number of nitrogens with one attached hydrogen (secondary N) is 4. The number of amides is 2. The smallest absolute Gasteiger partial charge is 0.315 e. The molecule has 3 aromatic rings. The highest BCUT2D eigenvalue weighted by atomic mass is 16.5. The summed E-state index contributed by atoms with van der Waals surface area (Å²) in [4.78, 5) is 20.6. The van der Waals surface area contributed by atoms with Gasteiger partial charge in [0.2, 0.25) is 5.96 Å². The molecule has 0 aliphatic carbocycles. The molecule has 1 fully saturated rings. The van der Waals surface area contributed by atoms with Crippen molar-refractivity contribution in [3.8, 4) is 23.3 Å². The third kappa shape index (κ3) is 6.74. The molecule has 2 aromatic carbocycles. The predicted octanol–water partition coefficient (Wildman–Crippen LogP) is 3.36.